The Balaban J connectivity index is 2.34. The number of imide groups is 1. The van der Waals surface area contributed by atoms with Crippen LogP contribution in [0.4, 0.5) is 15.3 Å². The predicted molar refractivity (Wildman–Crippen MR) is 133 cm³/mol. The number of halogens is 1. The van der Waals surface area contributed by atoms with Crippen LogP contribution < -0.4 is 16.0 Å². The third-order valence-electron chi connectivity index (χ3n) is 6.04. The molecule has 0 aliphatic carbocycles. The number of carboxylic acids is 1. The van der Waals surface area contributed by atoms with Crippen molar-refractivity contribution >= 4 is 53.5 Å². The molecule has 1 saturated heterocycles. The highest BCUT2D eigenvalue weighted by molar-refractivity contribution is 6.34. The van der Waals surface area contributed by atoms with Crippen LogP contribution in [0.1, 0.15) is 50.4 Å². The minimum atomic E-state index is -1.30. The van der Waals surface area contributed by atoms with Crippen molar-refractivity contribution in [1.29, 1.82) is 0 Å². The van der Waals surface area contributed by atoms with Gasteiger partial charge in [-0.2, -0.15) is 4.48 Å². The van der Waals surface area contributed by atoms with Gasteiger partial charge in [-0.25, -0.2) is 14.4 Å². The third kappa shape index (κ3) is 7.26. The zero-order valence-corrected chi connectivity index (χ0v) is 21.9. The number of amides is 5. The molecule has 12 nitrogen and oxygen atoms in total. The Labute approximate surface area is 219 Å². The summed E-state index contributed by atoms with van der Waals surface area (Å²) in [7, 11) is 1.20. The number of ether oxygens (including phenoxy) is 1. The van der Waals surface area contributed by atoms with Crippen molar-refractivity contribution in [3.8, 4) is 0 Å². The topological polar surface area (TPSA) is 168 Å². The smallest absolute Gasteiger partial charge is 0.424 e. The Kier molecular flexibility index (Phi) is 9.76. The Morgan fingerprint density at radius 1 is 1.14 bits per heavy atom. The molecule has 202 valence electrons. The SMILES string of the molecule is COC(=O)Nc1ccc(C(=O)N[C@H](C(=O)[N+]2(C(=O)N[C@H](C=O)CC(=O)O)CCCC2)C(C)(C)C)c(Cl)c1. The number of likely N-dealkylation sites (tertiary alicyclic amines) is 1. The first kappa shape index (κ1) is 29.7. The average Bonchev–Trinajstić information content (AvgIpc) is 3.31. The van der Waals surface area contributed by atoms with Crippen LogP contribution >= 0.6 is 11.6 Å². The zero-order valence-electron chi connectivity index (χ0n) is 21.1. The fourth-order valence-corrected chi connectivity index (χ4v) is 4.32. The normalized spacial score (nSPS) is 16.1. The molecule has 1 fully saturated rings. The summed E-state index contributed by atoms with van der Waals surface area (Å²) in [6.45, 7) is 5.46. The Hall–Kier alpha value is -3.51. The van der Waals surface area contributed by atoms with Gasteiger partial charge in [0.05, 0.1) is 37.2 Å². The van der Waals surface area contributed by atoms with Gasteiger partial charge in [0, 0.05) is 18.5 Å². The van der Waals surface area contributed by atoms with Crippen LogP contribution in [0.5, 0.6) is 0 Å². The number of nitrogens with zero attached hydrogens (tertiary/aromatic N) is 1. The van der Waals surface area contributed by atoms with Gasteiger partial charge >= 0.3 is 24.0 Å². The molecule has 1 aliphatic heterocycles. The second kappa shape index (κ2) is 12.2. The molecule has 0 spiro atoms. The van der Waals surface area contributed by atoms with Crippen molar-refractivity contribution in [2.45, 2.75) is 52.1 Å². The van der Waals surface area contributed by atoms with E-state index in [1.807, 2.05) is 0 Å². The van der Waals surface area contributed by atoms with E-state index in [1.165, 1.54) is 25.3 Å². The van der Waals surface area contributed by atoms with Crippen molar-refractivity contribution in [3.05, 3.63) is 28.8 Å². The molecule has 0 saturated carbocycles. The maximum absolute atomic E-state index is 13.9. The van der Waals surface area contributed by atoms with Crippen molar-refractivity contribution in [3.63, 3.8) is 0 Å². The summed E-state index contributed by atoms with van der Waals surface area (Å²) in [4.78, 5) is 74.1. The molecule has 1 heterocycles. The first-order chi connectivity index (χ1) is 17.2. The number of hydrogen-bond donors (Lipinski definition) is 4. The van der Waals surface area contributed by atoms with Gasteiger partial charge in [0.15, 0.2) is 6.04 Å². The number of quaternary nitrogens is 1. The molecular weight excluding hydrogens is 508 g/mol. The molecule has 0 radical (unpaired) electrons. The third-order valence-corrected chi connectivity index (χ3v) is 6.35. The van der Waals surface area contributed by atoms with E-state index < -0.39 is 58.3 Å². The van der Waals surface area contributed by atoms with Crippen LogP contribution in [0.3, 0.4) is 0 Å². The quantitative estimate of drug-likeness (QED) is 0.288. The second-order valence-electron chi connectivity index (χ2n) is 9.83. The number of carboxylic acid groups (broad SMARTS) is 1. The summed E-state index contributed by atoms with van der Waals surface area (Å²) in [5.41, 5.74) is -0.495. The molecule has 0 aromatic heterocycles. The largest absolute Gasteiger partial charge is 0.481 e. The molecular formula is C24H32ClN4O8+. The van der Waals surface area contributed by atoms with Gasteiger partial charge < -0.3 is 20.0 Å². The molecule has 37 heavy (non-hydrogen) atoms. The summed E-state index contributed by atoms with van der Waals surface area (Å²) in [5, 5.41) is 16.5. The fraction of sp³-hybridized carbons (Fsp3) is 0.500. The first-order valence-electron chi connectivity index (χ1n) is 11.6. The molecule has 0 bridgehead atoms. The molecule has 2 rings (SSSR count). The summed E-state index contributed by atoms with van der Waals surface area (Å²) in [5.74, 6) is -2.53. The fourth-order valence-electron chi connectivity index (χ4n) is 4.05. The number of aldehydes is 1. The number of carbonyl (C=O) groups excluding carboxylic acids is 5. The number of aliphatic carboxylic acids is 1. The number of nitrogens with one attached hydrogen (secondary N) is 3. The molecule has 0 unspecified atom stereocenters. The highest BCUT2D eigenvalue weighted by Crippen LogP contribution is 2.30. The van der Waals surface area contributed by atoms with Gasteiger partial charge in [-0.1, -0.05) is 32.4 Å². The number of rotatable bonds is 8. The van der Waals surface area contributed by atoms with Gasteiger partial charge in [-0.15, -0.1) is 0 Å². The van der Waals surface area contributed by atoms with Crippen LogP contribution in [-0.2, 0) is 19.1 Å². The maximum Gasteiger partial charge on any atom is 0.424 e. The highest BCUT2D eigenvalue weighted by atomic mass is 35.5. The van der Waals surface area contributed by atoms with Crippen LogP contribution in [0.2, 0.25) is 5.02 Å². The van der Waals surface area contributed by atoms with Crippen molar-refractivity contribution in [1.82, 2.24) is 10.6 Å². The lowest BCUT2D eigenvalue weighted by atomic mass is 9.85. The van der Waals surface area contributed by atoms with E-state index in [1.54, 1.807) is 20.8 Å². The maximum atomic E-state index is 13.9. The van der Waals surface area contributed by atoms with E-state index in [2.05, 4.69) is 20.7 Å². The highest BCUT2D eigenvalue weighted by Gasteiger charge is 2.53. The van der Waals surface area contributed by atoms with Gasteiger partial charge in [0.1, 0.15) is 12.3 Å². The molecule has 1 aromatic carbocycles. The van der Waals surface area contributed by atoms with Gasteiger partial charge in [0.2, 0.25) is 0 Å². The van der Waals surface area contributed by atoms with Crippen LogP contribution in [0.25, 0.3) is 0 Å². The number of hydrogen-bond acceptors (Lipinski definition) is 7. The summed E-state index contributed by atoms with van der Waals surface area (Å²) in [6, 6.07) is 0.941. The summed E-state index contributed by atoms with van der Waals surface area (Å²) < 4.78 is 3.84. The van der Waals surface area contributed by atoms with Crippen LogP contribution in [-0.4, -0.2) is 78.1 Å². The van der Waals surface area contributed by atoms with E-state index >= 15 is 0 Å². The first-order valence-corrected chi connectivity index (χ1v) is 12.0. The summed E-state index contributed by atoms with van der Waals surface area (Å²) >= 11 is 6.26. The van der Waals surface area contributed by atoms with E-state index in [9.17, 15) is 28.8 Å². The standard InChI is InChI=1S/C24H31ClN4O8/c1-24(2,3)19(28-20(33)16-8-7-14(11-17(16)25)27-23(36)37-4)21(34)29(9-5-6-10-29)22(35)26-15(13-30)12-18(31)32/h7-8,11,13,15,19H,5-6,9-10,12H2,1-4H3,(H3-,26,27,28,31,32,33,35,36)/p+1/t15-,19+/m0/s1. The number of methoxy groups -OCH3 is 1. The van der Waals surface area contributed by atoms with E-state index in [0.717, 1.165) is 0 Å². The van der Waals surface area contributed by atoms with Crippen molar-refractivity contribution < 1.29 is 43.1 Å². The molecule has 1 aromatic rings. The molecule has 2 atom stereocenters. The van der Waals surface area contributed by atoms with E-state index in [0.29, 0.717) is 24.8 Å². The second-order valence-corrected chi connectivity index (χ2v) is 10.2. The minimum Gasteiger partial charge on any atom is -0.481 e. The Morgan fingerprint density at radius 3 is 2.24 bits per heavy atom. The van der Waals surface area contributed by atoms with Crippen molar-refractivity contribution in [2.75, 3.05) is 25.5 Å². The lowest BCUT2D eigenvalue weighted by Gasteiger charge is -2.37. The van der Waals surface area contributed by atoms with E-state index in [4.69, 9.17) is 16.7 Å². The average molecular weight is 540 g/mol. The van der Waals surface area contributed by atoms with Gasteiger partial charge in [-0.3, -0.25) is 20.2 Å². The number of carbonyl (C=O) groups is 6. The van der Waals surface area contributed by atoms with Crippen molar-refractivity contribution in [2.24, 2.45) is 5.41 Å². The summed E-state index contributed by atoms with van der Waals surface area (Å²) in [6.07, 6.45) is 0.0731. The number of urea groups is 1. The Bertz CT molecular complexity index is 1080. The molecule has 13 heteroatoms. The van der Waals surface area contributed by atoms with Gasteiger partial charge in [0.25, 0.3) is 5.91 Å². The number of anilines is 1. The van der Waals surface area contributed by atoms with Gasteiger partial charge in [-0.05, 0) is 23.6 Å². The zero-order chi connectivity index (χ0) is 28.0. The number of benzene rings is 1. The minimum absolute atomic E-state index is 0.0109. The van der Waals surface area contributed by atoms with Crippen LogP contribution in [0, 0.1) is 5.41 Å². The lowest BCUT2D eigenvalue weighted by Crippen LogP contribution is -2.67. The Morgan fingerprint density at radius 2 is 1.76 bits per heavy atom. The monoisotopic (exact) mass is 539 g/mol. The predicted octanol–water partition coefficient (Wildman–Crippen LogP) is 2.55. The van der Waals surface area contributed by atoms with Crippen LogP contribution in [0.15, 0.2) is 18.2 Å². The molecule has 4 N–H and O–H groups in total. The lowest BCUT2D eigenvalue weighted by molar-refractivity contribution is -0.761. The molecule has 5 amide bonds. The van der Waals surface area contributed by atoms with E-state index in [-0.39, 0.29) is 23.7 Å². The molecule has 1 aliphatic rings.